The van der Waals surface area contributed by atoms with Gasteiger partial charge in [0.2, 0.25) is 0 Å². The van der Waals surface area contributed by atoms with Gasteiger partial charge in [-0.2, -0.15) is 5.10 Å². The Kier molecular flexibility index (Phi) is 8.63. The Morgan fingerprint density at radius 2 is 1.57 bits per heavy atom. The van der Waals surface area contributed by atoms with Crippen LogP contribution in [0, 0.1) is 0 Å². The van der Waals surface area contributed by atoms with Crippen LogP contribution in [0.15, 0.2) is 84.9 Å². The first kappa shape index (κ1) is 28.6. The van der Waals surface area contributed by atoms with E-state index in [2.05, 4.69) is 27.9 Å². The molecule has 3 N–H and O–H groups in total. The molecule has 1 aliphatic rings. The molecule has 0 saturated carbocycles. The Balaban J connectivity index is 1.14. The topological polar surface area (TPSA) is 132 Å². The second-order valence-corrected chi connectivity index (χ2v) is 10.1. The molecule has 0 radical (unpaired) electrons. The molecule has 0 spiro atoms. The standard InChI is InChI=1S/C32H32N4O6/c1-20(41-18-21-10-4-3-5-11-21)29(31(38)39)34-30(37)28-16-22(35-36(28)2)17-33-32(40)42-19-27-25-14-8-6-12-23(25)24-13-7-9-15-26(24)27/h3-16,20,27,29H,17-19H2,1-2H3,(H,33,40)(H,34,37)(H,38,39). The molecule has 0 aliphatic heterocycles. The van der Waals surface area contributed by atoms with Crippen LogP contribution in [0.25, 0.3) is 11.1 Å². The summed E-state index contributed by atoms with van der Waals surface area (Å²) in [7, 11) is 1.57. The van der Waals surface area contributed by atoms with Crippen LogP contribution in [0.4, 0.5) is 4.79 Å². The van der Waals surface area contributed by atoms with E-state index in [1.54, 1.807) is 14.0 Å². The number of carboxylic acid groups (broad SMARTS) is 1. The molecule has 1 heterocycles. The summed E-state index contributed by atoms with van der Waals surface area (Å²) in [6.07, 6.45) is -1.40. The monoisotopic (exact) mass is 568 g/mol. The van der Waals surface area contributed by atoms with Crippen molar-refractivity contribution in [2.45, 2.75) is 38.1 Å². The minimum absolute atomic E-state index is 0.0245. The van der Waals surface area contributed by atoms with Gasteiger partial charge in [0.05, 0.1) is 24.9 Å². The molecule has 5 rings (SSSR count). The first-order valence-corrected chi connectivity index (χ1v) is 13.6. The van der Waals surface area contributed by atoms with Crippen LogP contribution in [0.2, 0.25) is 0 Å². The van der Waals surface area contributed by atoms with E-state index in [0.29, 0.717) is 5.69 Å². The van der Waals surface area contributed by atoms with E-state index in [0.717, 1.165) is 27.8 Å². The smallest absolute Gasteiger partial charge is 0.407 e. The Hall–Kier alpha value is -4.96. The molecule has 2 unspecified atom stereocenters. The number of nitrogens with zero attached hydrogens (tertiary/aromatic N) is 2. The molecule has 1 aromatic heterocycles. The first-order chi connectivity index (χ1) is 20.3. The minimum atomic E-state index is -1.28. The zero-order valence-electron chi connectivity index (χ0n) is 23.3. The Labute approximate surface area is 243 Å². The van der Waals surface area contributed by atoms with Crippen molar-refractivity contribution < 1.29 is 29.0 Å². The Morgan fingerprint density at radius 1 is 0.952 bits per heavy atom. The number of aliphatic carboxylic acids is 1. The predicted molar refractivity (Wildman–Crippen MR) is 155 cm³/mol. The van der Waals surface area contributed by atoms with Crippen molar-refractivity contribution in [2.75, 3.05) is 6.61 Å². The predicted octanol–water partition coefficient (Wildman–Crippen LogP) is 4.25. The zero-order valence-corrected chi connectivity index (χ0v) is 23.3. The number of amides is 2. The van der Waals surface area contributed by atoms with Gasteiger partial charge in [-0.25, -0.2) is 9.59 Å². The van der Waals surface area contributed by atoms with Gasteiger partial charge in [-0.05, 0) is 40.8 Å². The summed E-state index contributed by atoms with van der Waals surface area (Å²) in [6, 6.07) is 25.7. The van der Waals surface area contributed by atoms with Crippen LogP contribution < -0.4 is 10.6 Å². The van der Waals surface area contributed by atoms with E-state index in [1.807, 2.05) is 66.7 Å². The number of alkyl carbamates (subject to hydrolysis) is 1. The number of hydrogen-bond donors (Lipinski definition) is 3. The summed E-state index contributed by atoms with van der Waals surface area (Å²) >= 11 is 0. The van der Waals surface area contributed by atoms with Gasteiger partial charge >= 0.3 is 12.1 Å². The summed E-state index contributed by atoms with van der Waals surface area (Å²) in [5.41, 5.74) is 5.96. The van der Waals surface area contributed by atoms with Crippen LogP contribution in [-0.2, 0) is 34.5 Å². The molecule has 10 heteroatoms. The molecule has 0 saturated heterocycles. The summed E-state index contributed by atoms with van der Waals surface area (Å²) in [5.74, 6) is -1.90. The highest BCUT2D eigenvalue weighted by Crippen LogP contribution is 2.44. The minimum Gasteiger partial charge on any atom is -0.480 e. The molecule has 4 aromatic rings. The van der Waals surface area contributed by atoms with Crippen molar-refractivity contribution in [1.82, 2.24) is 20.4 Å². The SMILES string of the molecule is CC(OCc1ccccc1)C(NC(=O)c1cc(CNC(=O)OCC2c3ccccc3-c3ccccc32)nn1C)C(=O)O. The molecule has 3 aromatic carbocycles. The van der Waals surface area contributed by atoms with E-state index in [9.17, 15) is 19.5 Å². The van der Waals surface area contributed by atoms with Gasteiger partial charge in [-0.3, -0.25) is 9.48 Å². The van der Waals surface area contributed by atoms with Crippen LogP contribution in [0.1, 0.15) is 45.7 Å². The van der Waals surface area contributed by atoms with Crippen LogP contribution in [0.5, 0.6) is 0 Å². The first-order valence-electron chi connectivity index (χ1n) is 13.6. The maximum absolute atomic E-state index is 13.0. The largest absolute Gasteiger partial charge is 0.480 e. The van der Waals surface area contributed by atoms with E-state index >= 15 is 0 Å². The lowest BCUT2D eigenvalue weighted by molar-refractivity contribution is -0.143. The number of rotatable bonds is 11. The second kappa shape index (κ2) is 12.7. The molecule has 42 heavy (non-hydrogen) atoms. The maximum atomic E-state index is 13.0. The lowest BCUT2D eigenvalue weighted by Crippen LogP contribution is -2.49. The van der Waals surface area contributed by atoms with Crippen molar-refractivity contribution >= 4 is 18.0 Å². The highest BCUT2D eigenvalue weighted by molar-refractivity contribution is 5.95. The van der Waals surface area contributed by atoms with Crippen LogP contribution in [-0.4, -0.2) is 51.6 Å². The maximum Gasteiger partial charge on any atom is 0.407 e. The average molecular weight is 569 g/mol. The van der Waals surface area contributed by atoms with E-state index in [1.165, 1.54) is 10.7 Å². The molecule has 0 fully saturated rings. The van der Waals surface area contributed by atoms with Gasteiger partial charge in [0.25, 0.3) is 5.91 Å². The third-order valence-corrected chi connectivity index (χ3v) is 7.30. The van der Waals surface area contributed by atoms with Gasteiger partial charge in [-0.15, -0.1) is 0 Å². The molecule has 216 valence electrons. The van der Waals surface area contributed by atoms with Gasteiger partial charge in [-0.1, -0.05) is 78.9 Å². The van der Waals surface area contributed by atoms with Crippen LogP contribution in [0.3, 0.4) is 0 Å². The Morgan fingerprint density at radius 3 is 2.21 bits per heavy atom. The van der Waals surface area contributed by atoms with Crippen molar-refractivity contribution in [3.05, 3.63) is 113 Å². The molecule has 10 nitrogen and oxygen atoms in total. The molecule has 2 atom stereocenters. The number of carbonyl (C=O) groups is 3. The normalized spacial score (nSPS) is 13.5. The average Bonchev–Trinajstić information content (AvgIpc) is 3.54. The van der Waals surface area contributed by atoms with Gasteiger partial charge in [0.15, 0.2) is 6.04 Å². The van der Waals surface area contributed by atoms with Gasteiger partial charge in [0, 0.05) is 13.0 Å². The molecule has 1 aliphatic carbocycles. The number of fused-ring (bicyclic) bond motifs is 3. The summed E-state index contributed by atoms with van der Waals surface area (Å²) in [5, 5.41) is 19.2. The van der Waals surface area contributed by atoms with Crippen molar-refractivity contribution in [2.24, 2.45) is 7.05 Å². The number of benzene rings is 3. The number of ether oxygens (including phenoxy) is 2. The van der Waals surface area contributed by atoms with Crippen molar-refractivity contribution in [3.63, 3.8) is 0 Å². The number of hydrogen-bond acceptors (Lipinski definition) is 6. The molecule has 0 bridgehead atoms. The number of nitrogens with one attached hydrogen (secondary N) is 2. The lowest BCUT2D eigenvalue weighted by Gasteiger charge is -2.22. The molecular weight excluding hydrogens is 536 g/mol. The fourth-order valence-corrected chi connectivity index (χ4v) is 5.13. The summed E-state index contributed by atoms with van der Waals surface area (Å²) in [4.78, 5) is 37.4. The third kappa shape index (κ3) is 6.34. The van der Waals surface area contributed by atoms with Crippen molar-refractivity contribution in [3.8, 4) is 11.1 Å². The highest BCUT2D eigenvalue weighted by atomic mass is 16.5. The summed E-state index contributed by atoms with van der Waals surface area (Å²) < 4.78 is 12.6. The molecular formula is C32H32N4O6. The number of aryl methyl sites for hydroxylation is 1. The fraction of sp³-hybridized carbons (Fsp3) is 0.250. The second-order valence-electron chi connectivity index (χ2n) is 10.1. The zero-order chi connectivity index (χ0) is 29.6. The fourth-order valence-electron chi connectivity index (χ4n) is 5.13. The lowest BCUT2D eigenvalue weighted by atomic mass is 9.98. The number of aromatic nitrogens is 2. The van der Waals surface area contributed by atoms with Gasteiger partial charge < -0.3 is 25.2 Å². The van der Waals surface area contributed by atoms with E-state index in [4.69, 9.17) is 9.47 Å². The third-order valence-electron chi connectivity index (χ3n) is 7.30. The molecule has 2 amide bonds. The number of carboxylic acids is 1. The number of carbonyl (C=O) groups excluding carboxylic acids is 2. The summed E-state index contributed by atoms with van der Waals surface area (Å²) in [6.45, 7) is 2.00. The Bertz CT molecular complexity index is 1540. The quantitative estimate of drug-likeness (QED) is 0.247. The van der Waals surface area contributed by atoms with Crippen LogP contribution >= 0.6 is 0 Å². The van der Waals surface area contributed by atoms with Gasteiger partial charge in [0.1, 0.15) is 12.3 Å². The van der Waals surface area contributed by atoms with E-state index in [-0.39, 0.29) is 31.4 Å². The van der Waals surface area contributed by atoms with Crippen molar-refractivity contribution in [1.29, 1.82) is 0 Å². The highest BCUT2D eigenvalue weighted by Gasteiger charge is 2.30. The van der Waals surface area contributed by atoms with E-state index < -0.39 is 30.1 Å².